The van der Waals surface area contributed by atoms with Gasteiger partial charge in [0, 0.05) is 43.1 Å². The molecule has 36 heavy (non-hydrogen) atoms. The number of nitrogens with one attached hydrogen (secondary N) is 1. The highest BCUT2D eigenvalue weighted by Crippen LogP contribution is 2.52. The lowest BCUT2D eigenvalue weighted by Crippen LogP contribution is -2.67. The Bertz CT molecular complexity index is 1150. The number of piperidine rings is 1. The summed E-state index contributed by atoms with van der Waals surface area (Å²) in [5.74, 6) is 1.50. The highest BCUT2D eigenvalue weighted by atomic mass is 16.5. The summed E-state index contributed by atoms with van der Waals surface area (Å²) >= 11 is 0. The maximum atomic E-state index is 12.8. The normalized spacial score (nSPS) is 28.6. The standard InChI is InChI=1S/C29H36N2O5/c1-20-23(11-15-35-20)8-9-27(33)30-25-10-12-29(34)19-31(18-22-6-7-22)14-13-28(29,17-25)24-4-3-5-26(16-24)36-21(2)32/h3-5,8-9,11,15-16,22,25,34H,6-7,10,12-14,17-19H2,1-2H3,(H,30,33)/b9-8+/t25-,28+,29+/m1/s1. The van der Waals surface area contributed by atoms with Crippen molar-refractivity contribution in [3.8, 4) is 5.75 Å². The summed E-state index contributed by atoms with van der Waals surface area (Å²) in [6.45, 7) is 5.83. The lowest BCUT2D eigenvalue weighted by molar-refractivity contribution is -0.133. The van der Waals surface area contributed by atoms with E-state index in [1.807, 2.05) is 31.2 Å². The molecule has 1 saturated heterocycles. The molecule has 1 amide bonds. The number of rotatable bonds is 7. The minimum atomic E-state index is -0.917. The van der Waals surface area contributed by atoms with Gasteiger partial charge in [-0.3, -0.25) is 9.59 Å². The number of furan rings is 1. The van der Waals surface area contributed by atoms with Crippen molar-refractivity contribution in [1.29, 1.82) is 0 Å². The van der Waals surface area contributed by atoms with E-state index in [2.05, 4.69) is 10.2 Å². The van der Waals surface area contributed by atoms with E-state index in [-0.39, 0.29) is 17.9 Å². The fourth-order valence-electron chi connectivity index (χ4n) is 6.21. The number of carbonyl (C=O) groups is 2. The summed E-state index contributed by atoms with van der Waals surface area (Å²) in [6, 6.07) is 9.35. The third-order valence-corrected chi connectivity index (χ3v) is 8.25. The topological polar surface area (TPSA) is 92.0 Å². The monoisotopic (exact) mass is 492 g/mol. The van der Waals surface area contributed by atoms with Crippen LogP contribution in [0.1, 0.15) is 62.3 Å². The first kappa shape index (κ1) is 24.8. The van der Waals surface area contributed by atoms with Crippen molar-refractivity contribution >= 4 is 18.0 Å². The van der Waals surface area contributed by atoms with Gasteiger partial charge >= 0.3 is 5.97 Å². The van der Waals surface area contributed by atoms with Crippen LogP contribution in [0, 0.1) is 12.8 Å². The Morgan fingerprint density at radius 1 is 1.25 bits per heavy atom. The zero-order valence-electron chi connectivity index (χ0n) is 21.2. The second kappa shape index (κ2) is 9.87. The van der Waals surface area contributed by atoms with Crippen LogP contribution in [-0.2, 0) is 15.0 Å². The molecular weight excluding hydrogens is 456 g/mol. The van der Waals surface area contributed by atoms with Crippen LogP contribution in [0.2, 0.25) is 0 Å². The number of carbonyl (C=O) groups excluding carboxylic acids is 2. The van der Waals surface area contributed by atoms with Gasteiger partial charge in [0.1, 0.15) is 11.5 Å². The van der Waals surface area contributed by atoms with Gasteiger partial charge in [-0.05, 0) is 87.7 Å². The minimum Gasteiger partial charge on any atom is -0.469 e. The lowest BCUT2D eigenvalue weighted by Gasteiger charge is -2.58. The highest BCUT2D eigenvalue weighted by molar-refractivity contribution is 5.92. The molecule has 2 heterocycles. The number of esters is 1. The number of aliphatic hydroxyl groups is 1. The number of hydrogen-bond donors (Lipinski definition) is 2. The molecule has 0 bridgehead atoms. The fraction of sp³-hybridized carbons (Fsp3) is 0.517. The van der Waals surface area contributed by atoms with Crippen LogP contribution in [0.15, 0.2) is 47.1 Å². The SMILES string of the molecule is CC(=O)Oc1cccc([C@@]23CCN(CC4CC4)C[C@@]2(O)CC[C@@H](NC(=O)/C=C/c2ccoc2C)C3)c1. The van der Waals surface area contributed by atoms with Crippen LogP contribution in [0.4, 0.5) is 0 Å². The van der Waals surface area contributed by atoms with Crippen LogP contribution in [0.5, 0.6) is 5.75 Å². The molecule has 1 aliphatic heterocycles. The van der Waals surface area contributed by atoms with E-state index in [1.165, 1.54) is 19.8 Å². The first-order valence-electron chi connectivity index (χ1n) is 13.0. The van der Waals surface area contributed by atoms with E-state index in [0.29, 0.717) is 31.6 Å². The van der Waals surface area contributed by atoms with Gasteiger partial charge in [-0.2, -0.15) is 0 Å². The van der Waals surface area contributed by atoms with Crippen molar-refractivity contribution in [2.75, 3.05) is 19.6 Å². The number of likely N-dealkylation sites (tertiary alicyclic amines) is 1. The summed E-state index contributed by atoms with van der Waals surface area (Å²) in [6.07, 6.45) is 10.2. The van der Waals surface area contributed by atoms with E-state index < -0.39 is 11.0 Å². The van der Waals surface area contributed by atoms with Crippen molar-refractivity contribution in [2.45, 2.75) is 69.4 Å². The number of aryl methyl sites for hydroxylation is 1. The maximum absolute atomic E-state index is 12.8. The summed E-state index contributed by atoms with van der Waals surface area (Å²) in [7, 11) is 0. The number of β-amino-alcohol motifs (C(OH)–C–C–N with tert-alkyl or cyclic N) is 1. The molecule has 2 saturated carbocycles. The van der Waals surface area contributed by atoms with Crippen LogP contribution in [0.3, 0.4) is 0 Å². The van der Waals surface area contributed by atoms with Gasteiger partial charge < -0.3 is 24.5 Å². The van der Waals surface area contributed by atoms with Crippen molar-refractivity contribution < 1.29 is 23.8 Å². The Morgan fingerprint density at radius 3 is 2.81 bits per heavy atom. The van der Waals surface area contributed by atoms with Gasteiger partial charge in [-0.25, -0.2) is 0 Å². The van der Waals surface area contributed by atoms with Gasteiger partial charge in [-0.15, -0.1) is 0 Å². The molecule has 7 heteroatoms. The molecule has 3 fully saturated rings. The molecule has 0 radical (unpaired) electrons. The van der Waals surface area contributed by atoms with Gasteiger partial charge in [-0.1, -0.05) is 12.1 Å². The molecule has 5 rings (SSSR count). The average molecular weight is 493 g/mol. The molecule has 1 aromatic heterocycles. The molecule has 3 atom stereocenters. The van der Waals surface area contributed by atoms with Crippen molar-refractivity contribution in [3.05, 3.63) is 59.6 Å². The summed E-state index contributed by atoms with van der Waals surface area (Å²) in [4.78, 5) is 26.8. The van der Waals surface area contributed by atoms with E-state index in [0.717, 1.165) is 42.3 Å². The second-order valence-corrected chi connectivity index (χ2v) is 10.9. The minimum absolute atomic E-state index is 0.0692. The smallest absolute Gasteiger partial charge is 0.308 e. The van der Waals surface area contributed by atoms with Gasteiger partial charge in [0.05, 0.1) is 11.9 Å². The third-order valence-electron chi connectivity index (χ3n) is 8.25. The summed E-state index contributed by atoms with van der Waals surface area (Å²) < 4.78 is 10.7. The van der Waals surface area contributed by atoms with E-state index in [9.17, 15) is 14.7 Å². The van der Waals surface area contributed by atoms with E-state index >= 15 is 0 Å². The Labute approximate surface area is 212 Å². The van der Waals surface area contributed by atoms with Gasteiger partial charge in [0.15, 0.2) is 0 Å². The summed E-state index contributed by atoms with van der Waals surface area (Å²) in [5.41, 5.74) is 0.396. The molecule has 2 N–H and O–H groups in total. The Balaban J connectivity index is 1.39. The zero-order chi connectivity index (χ0) is 25.3. The van der Waals surface area contributed by atoms with Crippen LogP contribution in [0.25, 0.3) is 6.08 Å². The average Bonchev–Trinajstić information content (AvgIpc) is 3.55. The van der Waals surface area contributed by atoms with Crippen molar-refractivity contribution in [1.82, 2.24) is 10.2 Å². The number of ether oxygens (including phenoxy) is 1. The fourth-order valence-corrected chi connectivity index (χ4v) is 6.21. The zero-order valence-corrected chi connectivity index (χ0v) is 21.2. The highest BCUT2D eigenvalue weighted by Gasteiger charge is 2.57. The first-order valence-corrected chi connectivity index (χ1v) is 13.0. The molecule has 2 aromatic rings. The number of fused-ring (bicyclic) bond motifs is 1. The van der Waals surface area contributed by atoms with Gasteiger partial charge in [0.2, 0.25) is 5.91 Å². The van der Waals surface area contributed by atoms with E-state index in [4.69, 9.17) is 9.15 Å². The Kier molecular flexibility index (Phi) is 6.79. The first-order chi connectivity index (χ1) is 17.3. The molecule has 2 aliphatic carbocycles. The lowest BCUT2D eigenvalue weighted by atomic mass is 9.55. The summed E-state index contributed by atoms with van der Waals surface area (Å²) in [5, 5.41) is 15.4. The van der Waals surface area contributed by atoms with Crippen LogP contribution in [-0.4, -0.2) is 53.2 Å². The molecule has 192 valence electrons. The number of benzene rings is 1. The number of hydrogen-bond acceptors (Lipinski definition) is 6. The predicted molar refractivity (Wildman–Crippen MR) is 136 cm³/mol. The quantitative estimate of drug-likeness (QED) is 0.345. The number of nitrogens with zero attached hydrogens (tertiary/aromatic N) is 1. The van der Waals surface area contributed by atoms with Gasteiger partial charge in [0.25, 0.3) is 0 Å². The Hall–Kier alpha value is -2.90. The predicted octanol–water partition coefficient (Wildman–Crippen LogP) is 3.98. The molecular formula is C29H36N2O5. The molecule has 3 aliphatic rings. The molecule has 0 unspecified atom stereocenters. The second-order valence-electron chi connectivity index (χ2n) is 10.9. The van der Waals surface area contributed by atoms with Crippen LogP contribution >= 0.6 is 0 Å². The van der Waals surface area contributed by atoms with E-state index in [1.54, 1.807) is 24.5 Å². The maximum Gasteiger partial charge on any atom is 0.308 e. The third kappa shape index (κ3) is 5.13. The molecule has 0 spiro atoms. The van der Waals surface area contributed by atoms with Crippen LogP contribution < -0.4 is 10.1 Å². The largest absolute Gasteiger partial charge is 0.469 e. The Morgan fingerprint density at radius 2 is 2.08 bits per heavy atom. The molecule has 1 aromatic carbocycles. The number of amides is 1. The van der Waals surface area contributed by atoms with Crippen molar-refractivity contribution in [2.24, 2.45) is 5.92 Å². The molecule has 7 nitrogen and oxygen atoms in total. The van der Waals surface area contributed by atoms with Crippen molar-refractivity contribution in [3.63, 3.8) is 0 Å².